The molecule has 4 heteroatoms. The first-order valence-corrected chi connectivity index (χ1v) is 6.56. The largest absolute Gasteiger partial charge is 0.481 e. The predicted octanol–water partition coefficient (Wildman–Crippen LogP) is 3.58. The highest BCUT2D eigenvalue weighted by molar-refractivity contribution is 5.86. The van der Waals surface area contributed by atoms with E-state index in [0.29, 0.717) is 11.4 Å². The number of carboxylic acid groups (broad SMARTS) is 1. The summed E-state index contributed by atoms with van der Waals surface area (Å²) in [6, 6.07) is 4.97. The smallest absolute Gasteiger partial charge is 0.303 e. The first kappa shape index (κ1) is 12.2. The van der Waals surface area contributed by atoms with Crippen molar-refractivity contribution >= 4 is 16.9 Å². The van der Waals surface area contributed by atoms with Crippen LogP contribution in [0.4, 0.5) is 4.39 Å². The first-order valence-electron chi connectivity index (χ1n) is 6.56. The number of rotatable bonds is 4. The van der Waals surface area contributed by atoms with E-state index in [9.17, 15) is 9.18 Å². The van der Waals surface area contributed by atoms with Crippen molar-refractivity contribution in [2.45, 2.75) is 32.1 Å². The summed E-state index contributed by atoms with van der Waals surface area (Å²) in [6.45, 7) is 1.89. The molecule has 1 unspecified atom stereocenters. The molecule has 1 atom stereocenters. The Kier molecular flexibility index (Phi) is 2.81. The van der Waals surface area contributed by atoms with Crippen LogP contribution in [0.2, 0.25) is 0 Å². The molecular weight excluding hydrogens is 245 g/mol. The van der Waals surface area contributed by atoms with Crippen molar-refractivity contribution in [2.75, 3.05) is 0 Å². The Morgan fingerprint density at radius 1 is 1.53 bits per heavy atom. The van der Waals surface area contributed by atoms with Gasteiger partial charge in [0.2, 0.25) is 0 Å². The Hall–Kier alpha value is -1.84. The van der Waals surface area contributed by atoms with E-state index in [1.165, 1.54) is 6.07 Å². The summed E-state index contributed by atoms with van der Waals surface area (Å²) < 4.78 is 13.8. The van der Waals surface area contributed by atoms with Crippen molar-refractivity contribution in [1.82, 2.24) is 4.98 Å². The van der Waals surface area contributed by atoms with Crippen LogP contribution in [0, 0.1) is 18.7 Å². The Bertz CT molecular complexity index is 643. The summed E-state index contributed by atoms with van der Waals surface area (Å²) in [5, 5.41) is 9.92. The summed E-state index contributed by atoms with van der Waals surface area (Å²) in [5.41, 5.74) is 2.36. The highest BCUT2D eigenvalue weighted by atomic mass is 19.1. The monoisotopic (exact) mass is 261 g/mol. The van der Waals surface area contributed by atoms with Crippen LogP contribution in [0.3, 0.4) is 0 Å². The van der Waals surface area contributed by atoms with Gasteiger partial charge in [0.05, 0.1) is 11.9 Å². The molecule has 2 N–H and O–H groups in total. The SMILES string of the molecule is Cc1[nH]c2c(F)cccc2c1C(CC(=O)O)C1CC1. The number of aromatic amines is 1. The number of carboxylic acids is 1. The maximum Gasteiger partial charge on any atom is 0.303 e. The second-order valence-electron chi connectivity index (χ2n) is 5.37. The number of nitrogens with one attached hydrogen (secondary N) is 1. The quantitative estimate of drug-likeness (QED) is 0.883. The molecule has 0 amide bonds. The van der Waals surface area contributed by atoms with Gasteiger partial charge in [-0.1, -0.05) is 12.1 Å². The lowest BCUT2D eigenvalue weighted by Gasteiger charge is -2.14. The van der Waals surface area contributed by atoms with Gasteiger partial charge in [0.25, 0.3) is 0 Å². The van der Waals surface area contributed by atoms with Gasteiger partial charge in [-0.05, 0) is 43.2 Å². The summed E-state index contributed by atoms with van der Waals surface area (Å²) in [7, 11) is 0. The summed E-state index contributed by atoms with van der Waals surface area (Å²) in [4.78, 5) is 14.1. The molecular formula is C15H16FNO2. The number of para-hydroxylation sites is 1. The topological polar surface area (TPSA) is 53.1 Å². The molecule has 1 aliphatic rings. The van der Waals surface area contributed by atoms with Crippen molar-refractivity contribution < 1.29 is 14.3 Å². The van der Waals surface area contributed by atoms with Crippen LogP contribution in [0.25, 0.3) is 10.9 Å². The van der Waals surface area contributed by atoms with Crippen LogP contribution in [0.5, 0.6) is 0 Å². The number of aryl methyl sites for hydroxylation is 1. The van der Waals surface area contributed by atoms with Crippen LogP contribution in [0.15, 0.2) is 18.2 Å². The van der Waals surface area contributed by atoms with Gasteiger partial charge in [0.1, 0.15) is 5.82 Å². The van der Waals surface area contributed by atoms with Crippen molar-refractivity contribution in [3.8, 4) is 0 Å². The molecule has 1 fully saturated rings. The lowest BCUT2D eigenvalue weighted by atomic mass is 9.89. The van der Waals surface area contributed by atoms with E-state index < -0.39 is 5.97 Å². The number of H-pyrrole nitrogens is 1. The second-order valence-corrected chi connectivity index (χ2v) is 5.37. The standard InChI is InChI=1S/C15H16FNO2/c1-8-14(11(7-13(18)19)9-5-6-9)10-3-2-4-12(16)15(10)17-8/h2-4,9,11,17H,5-7H2,1H3,(H,18,19). The van der Waals surface area contributed by atoms with Crippen LogP contribution in [-0.4, -0.2) is 16.1 Å². The molecule has 3 nitrogen and oxygen atoms in total. The van der Waals surface area contributed by atoms with Gasteiger partial charge in [-0.25, -0.2) is 4.39 Å². The first-order chi connectivity index (χ1) is 9.08. The third-order valence-electron chi connectivity index (χ3n) is 3.98. The van der Waals surface area contributed by atoms with Crippen molar-refractivity contribution in [3.63, 3.8) is 0 Å². The fraction of sp³-hybridized carbons (Fsp3) is 0.400. The molecule has 0 aliphatic heterocycles. The fourth-order valence-electron chi connectivity index (χ4n) is 3.00. The van der Waals surface area contributed by atoms with E-state index in [2.05, 4.69) is 4.98 Å². The number of carbonyl (C=O) groups is 1. The predicted molar refractivity (Wildman–Crippen MR) is 70.7 cm³/mol. The lowest BCUT2D eigenvalue weighted by molar-refractivity contribution is -0.137. The Morgan fingerprint density at radius 3 is 2.89 bits per heavy atom. The van der Waals surface area contributed by atoms with Crippen LogP contribution in [0.1, 0.15) is 36.4 Å². The zero-order chi connectivity index (χ0) is 13.6. The highest BCUT2D eigenvalue weighted by Gasteiger charge is 2.36. The van der Waals surface area contributed by atoms with Gasteiger partial charge in [-0.2, -0.15) is 0 Å². The third kappa shape index (κ3) is 2.11. The van der Waals surface area contributed by atoms with Gasteiger partial charge in [-0.3, -0.25) is 4.79 Å². The van der Waals surface area contributed by atoms with Crippen LogP contribution >= 0.6 is 0 Å². The molecule has 0 saturated heterocycles. The van der Waals surface area contributed by atoms with E-state index in [1.54, 1.807) is 6.07 Å². The molecule has 0 bridgehead atoms. The Labute approximate surface area is 110 Å². The molecule has 100 valence electrons. The normalized spacial score (nSPS) is 16.7. The highest BCUT2D eigenvalue weighted by Crippen LogP contribution is 2.47. The number of hydrogen-bond donors (Lipinski definition) is 2. The Morgan fingerprint density at radius 2 is 2.26 bits per heavy atom. The van der Waals surface area contributed by atoms with E-state index in [1.807, 2.05) is 13.0 Å². The lowest BCUT2D eigenvalue weighted by Crippen LogP contribution is -2.09. The molecule has 3 rings (SSSR count). The molecule has 1 aromatic carbocycles. The van der Waals surface area contributed by atoms with E-state index in [4.69, 9.17) is 5.11 Å². The minimum Gasteiger partial charge on any atom is -0.481 e. The average Bonchev–Trinajstić information content (AvgIpc) is 3.11. The molecule has 1 heterocycles. The minimum absolute atomic E-state index is 0.00644. The number of aliphatic carboxylic acids is 1. The van der Waals surface area contributed by atoms with Gasteiger partial charge >= 0.3 is 5.97 Å². The fourth-order valence-corrected chi connectivity index (χ4v) is 3.00. The summed E-state index contributed by atoms with van der Waals surface area (Å²) >= 11 is 0. The number of benzene rings is 1. The molecule has 0 radical (unpaired) electrons. The molecule has 1 aromatic heterocycles. The average molecular weight is 261 g/mol. The van der Waals surface area contributed by atoms with E-state index >= 15 is 0 Å². The van der Waals surface area contributed by atoms with Crippen LogP contribution in [-0.2, 0) is 4.79 Å². The number of aromatic nitrogens is 1. The molecule has 1 aliphatic carbocycles. The van der Waals surface area contributed by atoms with E-state index in [-0.39, 0.29) is 18.2 Å². The number of hydrogen-bond acceptors (Lipinski definition) is 1. The molecule has 19 heavy (non-hydrogen) atoms. The second kappa shape index (κ2) is 4.37. The van der Waals surface area contributed by atoms with Gasteiger partial charge < -0.3 is 10.1 Å². The maximum atomic E-state index is 13.8. The summed E-state index contributed by atoms with van der Waals surface area (Å²) in [5.74, 6) is -0.649. The Balaban J connectivity index is 2.14. The molecule has 0 spiro atoms. The van der Waals surface area contributed by atoms with Gasteiger partial charge in [-0.15, -0.1) is 0 Å². The van der Waals surface area contributed by atoms with Crippen molar-refractivity contribution in [1.29, 1.82) is 0 Å². The minimum atomic E-state index is -0.790. The summed E-state index contributed by atoms with van der Waals surface area (Å²) in [6.07, 6.45) is 2.26. The number of halogens is 1. The van der Waals surface area contributed by atoms with Crippen molar-refractivity contribution in [2.24, 2.45) is 5.92 Å². The van der Waals surface area contributed by atoms with E-state index in [0.717, 1.165) is 29.5 Å². The molecule has 2 aromatic rings. The van der Waals surface area contributed by atoms with Crippen molar-refractivity contribution in [3.05, 3.63) is 35.3 Å². The number of fused-ring (bicyclic) bond motifs is 1. The van der Waals surface area contributed by atoms with Crippen LogP contribution < -0.4 is 0 Å². The zero-order valence-electron chi connectivity index (χ0n) is 10.7. The zero-order valence-corrected chi connectivity index (χ0v) is 10.7. The molecule has 1 saturated carbocycles. The van der Waals surface area contributed by atoms with Gasteiger partial charge in [0.15, 0.2) is 0 Å². The maximum absolute atomic E-state index is 13.8. The van der Waals surface area contributed by atoms with Gasteiger partial charge in [0, 0.05) is 11.1 Å². The third-order valence-corrected chi connectivity index (χ3v) is 3.98.